The summed E-state index contributed by atoms with van der Waals surface area (Å²) < 4.78 is 27.7. The Hall–Kier alpha value is -2.64. The van der Waals surface area contributed by atoms with Gasteiger partial charge >= 0.3 is 0 Å². The monoisotopic (exact) mass is 358 g/mol. The lowest BCUT2D eigenvalue weighted by molar-refractivity contribution is 0.102. The fourth-order valence-electron chi connectivity index (χ4n) is 2.73. The van der Waals surface area contributed by atoms with Gasteiger partial charge in [-0.05, 0) is 60.9 Å². The number of carbonyl (C=O) groups is 1. The minimum absolute atomic E-state index is 0.0161. The zero-order valence-corrected chi connectivity index (χ0v) is 14.5. The highest BCUT2D eigenvalue weighted by molar-refractivity contribution is 7.89. The van der Waals surface area contributed by atoms with Crippen LogP contribution in [-0.4, -0.2) is 21.3 Å². The molecule has 0 aliphatic heterocycles. The number of aryl methyl sites for hydroxylation is 1. The van der Waals surface area contributed by atoms with Crippen molar-refractivity contribution < 1.29 is 17.9 Å². The maximum absolute atomic E-state index is 12.6. The first kappa shape index (κ1) is 17.2. The van der Waals surface area contributed by atoms with Crippen molar-refractivity contribution in [2.45, 2.75) is 17.7 Å². The zero-order chi connectivity index (χ0) is 18.0. The van der Waals surface area contributed by atoms with Gasteiger partial charge in [-0.25, -0.2) is 13.6 Å². The molecule has 0 amide bonds. The van der Waals surface area contributed by atoms with Crippen LogP contribution in [0.1, 0.15) is 22.3 Å². The van der Waals surface area contributed by atoms with Crippen LogP contribution in [0.3, 0.4) is 0 Å². The highest BCUT2D eigenvalue weighted by Gasteiger charge is 2.22. The normalized spacial score (nSPS) is 15.8. The molecule has 0 atom stereocenters. The summed E-state index contributed by atoms with van der Waals surface area (Å²) in [6, 6.07) is 11.5. The van der Waals surface area contributed by atoms with E-state index in [1.165, 1.54) is 12.1 Å². The molecule has 0 bridgehead atoms. The second-order valence-corrected chi connectivity index (χ2v) is 7.30. The summed E-state index contributed by atoms with van der Waals surface area (Å²) in [5, 5.41) is 8.10. The van der Waals surface area contributed by atoms with E-state index in [2.05, 4.69) is 5.32 Å². The van der Waals surface area contributed by atoms with Crippen LogP contribution >= 0.6 is 0 Å². The van der Waals surface area contributed by atoms with E-state index in [1.807, 2.05) is 6.07 Å². The number of hydrogen-bond acceptors (Lipinski definition) is 5. The first-order valence-corrected chi connectivity index (χ1v) is 9.23. The lowest BCUT2D eigenvalue weighted by Gasteiger charge is -2.18. The molecule has 0 radical (unpaired) electrons. The van der Waals surface area contributed by atoms with Gasteiger partial charge in [0.05, 0.1) is 12.0 Å². The van der Waals surface area contributed by atoms with Crippen molar-refractivity contribution in [3.8, 4) is 5.75 Å². The zero-order valence-electron chi connectivity index (χ0n) is 13.7. The Balaban J connectivity index is 1.77. The number of sulfonamides is 1. The molecule has 0 aromatic heterocycles. The van der Waals surface area contributed by atoms with Crippen LogP contribution in [0.4, 0.5) is 5.69 Å². The minimum Gasteiger partial charge on any atom is -0.497 e. The summed E-state index contributed by atoms with van der Waals surface area (Å²) in [6.45, 7) is 0. The topological polar surface area (TPSA) is 98.5 Å². The Labute approximate surface area is 146 Å². The van der Waals surface area contributed by atoms with Gasteiger partial charge in [0, 0.05) is 23.0 Å². The fourth-order valence-corrected chi connectivity index (χ4v) is 3.25. The third kappa shape index (κ3) is 3.72. The van der Waals surface area contributed by atoms with E-state index in [0.29, 0.717) is 23.2 Å². The molecule has 6 nitrogen and oxygen atoms in total. The number of hydrogen-bond donors (Lipinski definition) is 2. The molecule has 0 fully saturated rings. The van der Waals surface area contributed by atoms with Crippen LogP contribution in [0, 0.1) is 0 Å². The fraction of sp³-hybridized carbons (Fsp3) is 0.167. The average molecular weight is 358 g/mol. The van der Waals surface area contributed by atoms with Crippen molar-refractivity contribution in [3.63, 3.8) is 0 Å². The molecular weight excluding hydrogens is 340 g/mol. The van der Waals surface area contributed by atoms with Crippen LogP contribution in [0.5, 0.6) is 5.75 Å². The van der Waals surface area contributed by atoms with Gasteiger partial charge in [-0.15, -0.1) is 0 Å². The highest BCUT2D eigenvalue weighted by atomic mass is 32.2. The van der Waals surface area contributed by atoms with Crippen LogP contribution < -0.4 is 15.2 Å². The van der Waals surface area contributed by atoms with Gasteiger partial charge in [0.15, 0.2) is 5.78 Å². The number of ether oxygens (including phenoxy) is 1. The van der Waals surface area contributed by atoms with Gasteiger partial charge in [0.2, 0.25) is 10.0 Å². The van der Waals surface area contributed by atoms with E-state index in [0.717, 1.165) is 17.7 Å². The molecule has 1 aliphatic carbocycles. The number of benzene rings is 2. The van der Waals surface area contributed by atoms with Crippen molar-refractivity contribution in [1.29, 1.82) is 0 Å². The lowest BCUT2D eigenvalue weighted by atomic mass is 9.87. The van der Waals surface area contributed by atoms with Crippen LogP contribution in [0.15, 0.2) is 59.1 Å². The molecule has 0 spiro atoms. The second-order valence-electron chi connectivity index (χ2n) is 5.74. The number of ketones is 1. The van der Waals surface area contributed by atoms with Crippen LogP contribution in [0.2, 0.25) is 0 Å². The van der Waals surface area contributed by atoms with Crippen molar-refractivity contribution in [2.24, 2.45) is 5.14 Å². The van der Waals surface area contributed by atoms with Crippen molar-refractivity contribution in [3.05, 3.63) is 65.4 Å². The summed E-state index contributed by atoms with van der Waals surface area (Å²) >= 11 is 0. The first-order valence-electron chi connectivity index (χ1n) is 7.68. The number of nitrogens with two attached hydrogens (primary N) is 1. The lowest BCUT2D eigenvalue weighted by Crippen LogP contribution is -2.15. The van der Waals surface area contributed by atoms with Crippen LogP contribution in [0.25, 0.3) is 0 Å². The summed E-state index contributed by atoms with van der Waals surface area (Å²) in [4.78, 5) is 12.6. The van der Waals surface area contributed by atoms with E-state index < -0.39 is 10.0 Å². The first-order chi connectivity index (χ1) is 11.9. The number of methoxy groups -OCH3 is 1. The van der Waals surface area contributed by atoms with E-state index in [-0.39, 0.29) is 10.7 Å². The third-order valence-electron chi connectivity index (χ3n) is 4.11. The molecule has 1 aliphatic rings. The maximum atomic E-state index is 12.6. The molecule has 130 valence electrons. The van der Waals surface area contributed by atoms with E-state index in [9.17, 15) is 13.2 Å². The standard InChI is InChI=1S/C18H18N2O4S/c1-24-15-6-9-17-12(10-15)2-3-13(18(17)21)11-20-14-4-7-16(8-5-14)25(19,22)23/h4-11,20H,2-3H2,1H3,(H2,19,22,23). The summed E-state index contributed by atoms with van der Waals surface area (Å²) in [5.41, 5.74) is 3.02. The summed E-state index contributed by atoms with van der Waals surface area (Å²) in [6.07, 6.45) is 3.05. The van der Waals surface area contributed by atoms with Gasteiger partial charge in [-0.3, -0.25) is 4.79 Å². The molecule has 2 aromatic rings. The van der Waals surface area contributed by atoms with Crippen molar-refractivity contribution in [1.82, 2.24) is 0 Å². The van der Waals surface area contributed by atoms with Crippen molar-refractivity contribution in [2.75, 3.05) is 12.4 Å². The summed E-state index contributed by atoms with van der Waals surface area (Å²) in [5.74, 6) is 0.726. The molecule has 2 aromatic carbocycles. The van der Waals surface area contributed by atoms with E-state index in [1.54, 1.807) is 37.6 Å². The number of anilines is 1. The molecule has 0 saturated carbocycles. The largest absolute Gasteiger partial charge is 0.497 e. The van der Waals surface area contributed by atoms with E-state index >= 15 is 0 Å². The average Bonchev–Trinajstić information content (AvgIpc) is 2.60. The number of primary sulfonamides is 1. The van der Waals surface area contributed by atoms with Gasteiger partial charge in [0.1, 0.15) is 5.75 Å². The number of Topliss-reactive ketones (excluding diaryl/α,β-unsaturated/α-hetero) is 1. The van der Waals surface area contributed by atoms with Gasteiger partial charge in [-0.2, -0.15) is 0 Å². The molecule has 0 saturated heterocycles. The molecule has 0 unspecified atom stereocenters. The van der Waals surface area contributed by atoms with Gasteiger partial charge in [0.25, 0.3) is 0 Å². The molecule has 7 heteroatoms. The quantitative estimate of drug-likeness (QED) is 0.818. The van der Waals surface area contributed by atoms with E-state index in [4.69, 9.17) is 9.88 Å². The van der Waals surface area contributed by atoms with Gasteiger partial charge < -0.3 is 10.1 Å². The van der Waals surface area contributed by atoms with Crippen molar-refractivity contribution >= 4 is 21.5 Å². The Morgan fingerprint density at radius 2 is 1.84 bits per heavy atom. The SMILES string of the molecule is COc1ccc2c(c1)CCC(=CNc1ccc(S(N)(=O)=O)cc1)C2=O. The molecule has 25 heavy (non-hydrogen) atoms. The van der Waals surface area contributed by atoms with Crippen LogP contribution in [-0.2, 0) is 16.4 Å². The second kappa shape index (κ2) is 6.70. The molecular formula is C18H18N2O4S. The Morgan fingerprint density at radius 1 is 1.12 bits per heavy atom. The minimum atomic E-state index is -3.71. The predicted octanol–water partition coefficient (Wildman–Crippen LogP) is 2.47. The molecule has 0 heterocycles. The third-order valence-corrected chi connectivity index (χ3v) is 5.04. The number of fused-ring (bicyclic) bond motifs is 1. The summed E-state index contributed by atoms with van der Waals surface area (Å²) in [7, 11) is -2.11. The van der Waals surface area contributed by atoms with Gasteiger partial charge in [-0.1, -0.05) is 0 Å². The molecule has 3 rings (SSSR count). The highest BCUT2D eigenvalue weighted by Crippen LogP contribution is 2.28. The number of nitrogens with one attached hydrogen (secondary N) is 1. The molecule has 3 N–H and O–H groups in total. The Bertz CT molecular complexity index is 948. The number of allylic oxidation sites excluding steroid dienone is 1. The number of rotatable bonds is 4. The number of carbonyl (C=O) groups excluding carboxylic acids is 1. The maximum Gasteiger partial charge on any atom is 0.238 e. The Kier molecular flexibility index (Phi) is 4.61. The predicted molar refractivity (Wildman–Crippen MR) is 95.2 cm³/mol. The Morgan fingerprint density at radius 3 is 2.48 bits per heavy atom. The smallest absolute Gasteiger partial charge is 0.238 e.